The summed E-state index contributed by atoms with van der Waals surface area (Å²) in [7, 11) is 0. The number of hydrogen-bond acceptors (Lipinski definition) is 3. The molecule has 1 unspecified atom stereocenters. The Bertz CT molecular complexity index is 349. The van der Waals surface area contributed by atoms with Crippen molar-refractivity contribution in [2.75, 3.05) is 13.1 Å². The summed E-state index contributed by atoms with van der Waals surface area (Å²) in [4.78, 5) is 0. The van der Waals surface area contributed by atoms with Crippen LogP contribution >= 0.6 is 0 Å². The molecule has 1 rings (SSSR count). The van der Waals surface area contributed by atoms with Gasteiger partial charge in [0, 0.05) is 13.0 Å². The van der Waals surface area contributed by atoms with Gasteiger partial charge in [-0.15, -0.1) is 0 Å². The number of aryl methyl sites for hydroxylation is 1. The fourth-order valence-corrected chi connectivity index (χ4v) is 2.59. The van der Waals surface area contributed by atoms with Crippen molar-refractivity contribution in [1.82, 2.24) is 5.32 Å². The molecule has 0 aliphatic heterocycles. The summed E-state index contributed by atoms with van der Waals surface area (Å²) >= 11 is 0. The van der Waals surface area contributed by atoms with Crippen molar-refractivity contribution in [3.8, 4) is 0 Å². The third-order valence-electron chi connectivity index (χ3n) is 3.92. The van der Waals surface area contributed by atoms with Gasteiger partial charge in [0.05, 0.1) is 6.04 Å². The Labute approximate surface area is 117 Å². The number of rotatable bonds is 8. The van der Waals surface area contributed by atoms with Crippen LogP contribution in [-0.2, 0) is 6.42 Å². The van der Waals surface area contributed by atoms with Crippen LogP contribution in [0.2, 0.25) is 0 Å². The van der Waals surface area contributed by atoms with Crippen LogP contribution in [0, 0.1) is 17.8 Å². The first-order valence-corrected chi connectivity index (χ1v) is 7.51. The highest BCUT2D eigenvalue weighted by Crippen LogP contribution is 2.22. The van der Waals surface area contributed by atoms with Gasteiger partial charge in [0.15, 0.2) is 0 Å². The van der Waals surface area contributed by atoms with E-state index in [1.165, 1.54) is 0 Å². The molecule has 1 aromatic heterocycles. The van der Waals surface area contributed by atoms with Crippen LogP contribution in [0.5, 0.6) is 0 Å². The minimum Gasteiger partial charge on any atom is -0.464 e. The molecule has 3 N–H and O–H groups in total. The van der Waals surface area contributed by atoms with E-state index in [2.05, 4.69) is 39.9 Å². The lowest BCUT2D eigenvalue weighted by atomic mass is 9.85. The van der Waals surface area contributed by atoms with Crippen molar-refractivity contribution >= 4 is 0 Å². The Kier molecular flexibility index (Phi) is 6.59. The zero-order valence-electron chi connectivity index (χ0n) is 13.1. The van der Waals surface area contributed by atoms with Crippen molar-refractivity contribution in [1.29, 1.82) is 0 Å². The Morgan fingerprint density at radius 2 is 1.79 bits per heavy atom. The fourth-order valence-electron chi connectivity index (χ4n) is 2.59. The summed E-state index contributed by atoms with van der Waals surface area (Å²) in [5.74, 6) is 4.00. The van der Waals surface area contributed by atoms with E-state index in [4.69, 9.17) is 10.2 Å². The molecule has 0 aromatic carbocycles. The maximum atomic E-state index is 5.87. The Morgan fingerprint density at radius 3 is 2.21 bits per heavy atom. The van der Waals surface area contributed by atoms with Gasteiger partial charge >= 0.3 is 0 Å². The second kappa shape index (κ2) is 7.71. The highest BCUT2D eigenvalue weighted by Gasteiger charge is 2.20. The number of nitrogens with two attached hydrogens (primary N) is 1. The smallest absolute Gasteiger partial charge is 0.122 e. The highest BCUT2D eigenvalue weighted by atomic mass is 16.3. The Balaban J connectivity index is 2.61. The third kappa shape index (κ3) is 4.66. The summed E-state index contributed by atoms with van der Waals surface area (Å²) < 4.78 is 5.80. The lowest BCUT2D eigenvalue weighted by Gasteiger charge is -2.27. The Morgan fingerprint density at radius 1 is 1.16 bits per heavy atom. The number of furan rings is 1. The van der Waals surface area contributed by atoms with E-state index in [0.717, 1.165) is 24.5 Å². The van der Waals surface area contributed by atoms with Crippen molar-refractivity contribution in [3.05, 3.63) is 23.7 Å². The van der Waals surface area contributed by atoms with Crippen LogP contribution in [0.15, 0.2) is 16.5 Å². The average Bonchev–Trinajstić information content (AvgIpc) is 2.82. The molecule has 0 radical (unpaired) electrons. The van der Waals surface area contributed by atoms with Gasteiger partial charge in [-0.1, -0.05) is 34.6 Å². The fraction of sp³-hybridized carbons (Fsp3) is 0.750. The molecule has 0 saturated heterocycles. The summed E-state index contributed by atoms with van der Waals surface area (Å²) in [5, 5.41) is 3.57. The summed E-state index contributed by atoms with van der Waals surface area (Å²) in [5.41, 5.74) is 5.87. The van der Waals surface area contributed by atoms with Gasteiger partial charge in [-0.25, -0.2) is 0 Å². The van der Waals surface area contributed by atoms with E-state index in [1.807, 2.05) is 12.1 Å². The molecule has 0 bridgehead atoms. The second-order valence-electron chi connectivity index (χ2n) is 6.01. The van der Waals surface area contributed by atoms with Crippen LogP contribution in [-0.4, -0.2) is 13.1 Å². The normalized spacial score (nSPS) is 13.7. The van der Waals surface area contributed by atoms with Crippen LogP contribution in [0.4, 0.5) is 0 Å². The van der Waals surface area contributed by atoms with Gasteiger partial charge in [0.25, 0.3) is 0 Å². The molecule has 0 fully saturated rings. The van der Waals surface area contributed by atoms with E-state index in [-0.39, 0.29) is 6.04 Å². The van der Waals surface area contributed by atoms with Crippen LogP contribution in [0.3, 0.4) is 0 Å². The molecule has 0 aliphatic carbocycles. The summed E-state index contributed by atoms with van der Waals surface area (Å²) in [6, 6.07) is 4.21. The molecule has 1 heterocycles. The minimum absolute atomic E-state index is 0.125. The largest absolute Gasteiger partial charge is 0.464 e. The quantitative estimate of drug-likeness (QED) is 0.758. The van der Waals surface area contributed by atoms with Crippen molar-refractivity contribution in [3.63, 3.8) is 0 Å². The zero-order valence-corrected chi connectivity index (χ0v) is 13.1. The second-order valence-corrected chi connectivity index (χ2v) is 6.01. The predicted molar refractivity (Wildman–Crippen MR) is 81.1 cm³/mol. The molecule has 0 aliphatic rings. The SMILES string of the molecule is CCc1ccc(C(CN)NCC(C(C)C)C(C)C)o1. The van der Waals surface area contributed by atoms with Gasteiger partial charge in [-0.3, -0.25) is 0 Å². The number of hydrogen-bond donors (Lipinski definition) is 2. The molecule has 0 amide bonds. The predicted octanol–water partition coefficient (Wildman–Crippen LogP) is 3.36. The molecule has 110 valence electrons. The lowest BCUT2D eigenvalue weighted by Crippen LogP contribution is -2.35. The first-order valence-electron chi connectivity index (χ1n) is 7.51. The molecular weight excluding hydrogens is 236 g/mol. The van der Waals surface area contributed by atoms with Gasteiger partial charge in [-0.2, -0.15) is 0 Å². The molecule has 1 aromatic rings. The minimum atomic E-state index is 0.125. The van der Waals surface area contributed by atoms with Gasteiger partial charge in [0.1, 0.15) is 11.5 Å². The monoisotopic (exact) mass is 266 g/mol. The van der Waals surface area contributed by atoms with Crippen LogP contribution < -0.4 is 11.1 Å². The lowest BCUT2D eigenvalue weighted by molar-refractivity contribution is 0.259. The average molecular weight is 266 g/mol. The Hall–Kier alpha value is -0.800. The van der Waals surface area contributed by atoms with Crippen molar-refractivity contribution in [2.24, 2.45) is 23.5 Å². The standard InChI is InChI=1S/C16H30N2O/c1-6-13-7-8-16(19-13)15(9-17)18-10-14(11(2)3)12(4)5/h7-8,11-12,14-15,18H,6,9-10,17H2,1-5H3. The third-order valence-corrected chi connectivity index (χ3v) is 3.92. The summed E-state index contributed by atoms with van der Waals surface area (Å²) in [6.07, 6.45) is 0.928. The zero-order chi connectivity index (χ0) is 14.4. The number of nitrogens with one attached hydrogen (secondary N) is 1. The van der Waals surface area contributed by atoms with E-state index < -0.39 is 0 Å². The maximum absolute atomic E-state index is 5.87. The van der Waals surface area contributed by atoms with Crippen molar-refractivity contribution in [2.45, 2.75) is 47.1 Å². The van der Waals surface area contributed by atoms with Crippen LogP contribution in [0.25, 0.3) is 0 Å². The first kappa shape index (κ1) is 16.3. The molecule has 3 heteroatoms. The molecule has 0 saturated carbocycles. The topological polar surface area (TPSA) is 51.2 Å². The maximum Gasteiger partial charge on any atom is 0.122 e. The van der Waals surface area contributed by atoms with E-state index in [1.54, 1.807) is 0 Å². The van der Waals surface area contributed by atoms with Gasteiger partial charge < -0.3 is 15.5 Å². The van der Waals surface area contributed by atoms with Gasteiger partial charge in [-0.05, 0) is 36.4 Å². The van der Waals surface area contributed by atoms with Gasteiger partial charge in [0.2, 0.25) is 0 Å². The molecule has 3 nitrogen and oxygen atoms in total. The van der Waals surface area contributed by atoms with E-state index >= 15 is 0 Å². The first-order chi connectivity index (χ1) is 8.99. The highest BCUT2D eigenvalue weighted by molar-refractivity contribution is 5.11. The molecule has 0 spiro atoms. The van der Waals surface area contributed by atoms with Crippen LogP contribution in [0.1, 0.15) is 52.2 Å². The molecular formula is C16H30N2O. The summed E-state index contributed by atoms with van der Waals surface area (Å²) in [6.45, 7) is 12.8. The molecule has 19 heavy (non-hydrogen) atoms. The van der Waals surface area contributed by atoms with Crippen molar-refractivity contribution < 1.29 is 4.42 Å². The van der Waals surface area contributed by atoms with E-state index in [0.29, 0.717) is 24.3 Å². The van der Waals surface area contributed by atoms with E-state index in [9.17, 15) is 0 Å². The molecule has 1 atom stereocenters.